The Labute approximate surface area is 239 Å². The molecule has 17 nitrogen and oxygen atoms in total. The van der Waals surface area contributed by atoms with Crippen molar-refractivity contribution >= 4 is 11.9 Å². The first kappa shape index (κ1) is 32.9. The van der Waals surface area contributed by atoms with E-state index in [0.29, 0.717) is 0 Å². The molecule has 0 radical (unpaired) electrons. The number of aliphatic hydroxyl groups is 8. The zero-order valence-corrected chi connectivity index (χ0v) is 23.0. The van der Waals surface area contributed by atoms with Gasteiger partial charge in [0.15, 0.2) is 12.6 Å². The number of esters is 2. The van der Waals surface area contributed by atoms with Crippen LogP contribution in [0.3, 0.4) is 0 Å². The van der Waals surface area contributed by atoms with E-state index in [2.05, 4.69) is 0 Å². The molecule has 0 spiro atoms. The van der Waals surface area contributed by atoms with Crippen molar-refractivity contribution in [1.82, 2.24) is 0 Å². The summed E-state index contributed by atoms with van der Waals surface area (Å²) in [6.45, 7) is 1.37. The Bertz CT molecular complexity index is 1010. The number of methoxy groups -OCH3 is 1. The summed E-state index contributed by atoms with van der Waals surface area (Å²) in [4.78, 5) is 24.4. The van der Waals surface area contributed by atoms with E-state index in [1.807, 2.05) is 0 Å². The molecule has 3 aliphatic heterocycles. The van der Waals surface area contributed by atoms with E-state index >= 15 is 0 Å². The molecule has 3 fully saturated rings. The average Bonchev–Trinajstić information content (AvgIpc) is 3.21. The minimum absolute atomic E-state index is 0.0444. The van der Waals surface area contributed by atoms with E-state index in [1.165, 1.54) is 6.92 Å². The number of carbonyl (C=O) groups excluding carboxylic acids is 2. The lowest BCUT2D eigenvalue weighted by Crippen LogP contribution is -2.62. The van der Waals surface area contributed by atoms with Crippen LogP contribution in [0.15, 0.2) is 11.8 Å². The molecule has 17 heteroatoms. The van der Waals surface area contributed by atoms with E-state index in [-0.39, 0.29) is 12.0 Å². The van der Waals surface area contributed by atoms with Crippen molar-refractivity contribution < 1.29 is 83.6 Å². The van der Waals surface area contributed by atoms with Crippen LogP contribution < -0.4 is 0 Å². The molecule has 0 bridgehead atoms. The molecule has 0 aromatic carbocycles. The summed E-state index contributed by atoms with van der Waals surface area (Å²) in [6, 6.07) is 0. The lowest BCUT2D eigenvalue weighted by molar-refractivity contribution is -0.357. The van der Waals surface area contributed by atoms with Crippen LogP contribution in [0, 0.1) is 11.8 Å². The van der Waals surface area contributed by atoms with Gasteiger partial charge in [-0.1, -0.05) is 0 Å². The Balaban J connectivity index is 1.52. The van der Waals surface area contributed by atoms with Gasteiger partial charge in [-0.05, 0) is 6.92 Å². The molecule has 0 aromatic heterocycles. The van der Waals surface area contributed by atoms with Crippen molar-refractivity contribution in [3.05, 3.63) is 11.8 Å². The van der Waals surface area contributed by atoms with E-state index < -0.39 is 116 Å². The van der Waals surface area contributed by atoms with Crippen molar-refractivity contribution in [3.63, 3.8) is 0 Å². The van der Waals surface area contributed by atoms with Crippen LogP contribution >= 0.6 is 0 Å². The van der Waals surface area contributed by atoms with Gasteiger partial charge in [0, 0.05) is 19.3 Å². The second-order valence-corrected chi connectivity index (χ2v) is 11.0. The second-order valence-electron chi connectivity index (χ2n) is 11.0. The lowest BCUT2D eigenvalue weighted by Gasteiger charge is -2.45. The Morgan fingerprint density at radius 1 is 0.905 bits per heavy atom. The molecule has 3 heterocycles. The van der Waals surface area contributed by atoms with Crippen molar-refractivity contribution in [1.29, 1.82) is 0 Å². The molecule has 1 saturated carbocycles. The number of hydrogen-bond acceptors (Lipinski definition) is 17. The van der Waals surface area contributed by atoms with Crippen LogP contribution in [0.5, 0.6) is 0 Å². The van der Waals surface area contributed by atoms with Crippen molar-refractivity contribution in [2.75, 3.05) is 20.3 Å². The smallest absolute Gasteiger partial charge is 0.337 e. The summed E-state index contributed by atoms with van der Waals surface area (Å²) < 4.78 is 38.1. The predicted molar refractivity (Wildman–Crippen MR) is 130 cm³/mol. The number of carbonyl (C=O) groups is 2. The third kappa shape index (κ3) is 6.15. The normalized spacial score (nSPS) is 47.2. The molecular formula is C25H38O17. The number of aliphatic hydroxyl groups excluding tert-OH is 8. The monoisotopic (exact) mass is 610 g/mol. The first-order valence-corrected chi connectivity index (χ1v) is 13.3. The Hall–Kier alpha value is -2.00. The summed E-state index contributed by atoms with van der Waals surface area (Å²) >= 11 is 0. The first-order valence-electron chi connectivity index (χ1n) is 13.3. The maximum absolute atomic E-state index is 12.4. The van der Waals surface area contributed by atoms with E-state index in [0.717, 1.165) is 20.3 Å². The lowest BCUT2D eigenvalue weighted by atomic mass is 9.80. The highest BCUT2D eigenvalue weighted by atomic mass is 16.8. The van der Waals surface area contributed by atoms with E-state index in [4.69, 9.17) is 33.2 Å². The van der Waals surface area contributed by atoms with Crippen LogP contribution in [-0.2, 0) is 42.7 Å². The minimum atomic E-state index is -1.85. The van der Waals surface area contributed by atoms with E-state index in [9.17, 15) is 50.4 Å². The standard InChI is InChI=1S/C25H38O17/c1-8(27)42-25(2)4-10(28)13-9(21(35)36-3)6-37-22(14(13)25)41-24-20(34)18(32)16(30)12(40-24)7-38-23-19(33)17(31)15(29)11(5-26)39-23/h6,10-20,22-24,26,28-34H,4-5,7H2,1-3H3/t10-,11-,12-,13+,14-,15-,16-,17+,18+,19-,20-,22+,23-,24+,25+/m1/s1. The van der Waals surface area contributed by atoms with Gasteiger partial charge in [0.25, 0.3) is 0 Å². The largest absolute Gasteiger partial charge is 0.471 e. The van der Waals surface area contributed by atoms with Crippen molar-refractivity contribution in [2.45, 2.75) is 99.7 Å². The number of fused-ring (bicyclic) bond motifs is 1. The molecule has 15 atom stereocenters. The fraction of sp³-hybridized carbons (Fsp3) is 0.840. The maximum Gasteiger partial charge on any atom is 0.337 e. The zero-order valence-electron chi connectivity index (χ0n) is 23.0. The van der Waals surface area contributed by atoms with Gasteiger partial charge in [-0.3, -0.25) is 4.79 Å². The summed E-state index contributed by atoms with van der Waals surface area (Å²) in [7, 11) is 1.14. The summed E-state index contributed by atoms with van der Waals surface area (Å²) in [5.74, 6) is -3.50. The van der Waals surface area contributed by atoms with Gasteiger partial charge < -0.3 is 74.0 Å². The Morgan fingerprint density at radius 2 is 1.50 bits per heavy atom. The molecule has 2 saturated heterocycles. The fourth-order valence-corrected chi connectivity index (χ4v) is 6.01. The van der Waals surface area contributed by atoms with Gasteiger partial charge in [0.2, 0.25) is 6.29 Å². The summed E-state index contributed by atoms with van der Waals surface area (Å²) in [6.07, 6.45) is -18.2. The highest BCUT2D eigenvalue weighted by Crippen LogP contribution is 2.51. The molecule has 0 aromatic rings. The van der Waals surface area contributed by atoms with Crippen LogP contribution in [0.25, 0.3) is 0 Å². The quantitative estimate of drug-likeness (QED) is 0.120. The third-order valence-electron chi connectivity index (χ3n) is 8.11. The zero-order chi connectivity index (χ0) is 31.1. The molecule has 0 amide bonds. The fourth-order valence-electron chi connectivity index (χ4n) is 6.01. The van der Waals surface area contributed by atoms with Gasteiger partial charge >= 0.3 is 11.9 Å². The molecular weight excluding hydrogens is 572 g/mol. The molecule has 4 rings (SSSR count). The molecule has 42 heavy (non-hydrogen) atoms. The molecule has 1 aliphatic carbocycles. The molecule has 4 aliphatic rings. The Morgan fingerprint density at radius 3 is 2.10 bits per heavy atom. The van der Waals surface area contributed by atoms with Crippen LogP contribution in [0.1, 0.15) is 20.3 Å². The predicted octanol–water partition coefficient (Wildman–Crippen LogP) is -4.64. The van der Waals surface area contributed by atoms with Gasteiger partial charge in [0.1, 0.15) is 54.4 Å². The molecule has 8 N–H and O–H groups in total. The SMILES string of the molecule is COC(=O)C1=CO[C@@H](O[C@@H]2O[C@H](CO[C@@H]3O[C@H](CO)[C@@H](O)[C@H](O)[C@H]3O)[C@@H](O)[C@H](O)[C@H]2O)[C@H]2[C@@H]1[C@H](O)C[C@]2(C)OC(C)=O. The van der Waals surface area contributed by atoms with Gasteiger partial charge in [-0.25, -0.2) is 4.79 Å². The summed E-state index contributed by atoms with van der Waals surface area (Å²) in [5, 5.41) is 82.1. The van der Waals surface area contributed by atoms with Crippen LogP contribution in [0.2, 0.25) is 0 Å². The van der Waals surface area contributed by atoms with Crippen LogP contribution in [-0.4, -0.2) is 153 Å². The van der Waals surface area contributed by atoms with Gasteiger partial charge in [-0.15, -0.1) is 0 Å². The van der Waals surface area contributed by atoms with Crippen molar-refractivity contribution in [3.8, 4) is 0 Å². The first-order chi connectivity index (χ1) is 19.7. The van der Waals surface area contributed by atoms with Gasteiger partial charge in [-0.2, -0.15) is 0 Å². The molecule has 240 valence electrons. The van der Waals surface area contributed by atoms with E-state index in [1.54, 1.807) is 0 Å². The van der Waals surface area contributed by atoms with Crippen LogP contribution in [0.4, 0.5) is 0 Å². The highest BCUT2D eigenvalue weighted by Gasteiger charge is 2.62. The number of hydrogen-bond donors (Lipinski definition) is 8. The second kappa shape index (κ2) is 12.9. The van der Waals surface area contributed by atoms with Crippen molar-refractivity contribution in [2.24, 2.45) is 11.8 Å². The van der Waals surface area contributed by atoms with Gasteiger partial charge in [0.05, 0.1) is 44.2 Å². The number of rotatable bonds is 8. The third-order valence-corrected chi connectivity index (χ3v) is 8.11. The molecule has 0 unspecified atom stereocenters. The minimum Gasteiger partial charge on any atom is -0.471 e. The highest BCUT2D eigenvalue weighted by molar-refractivity contribution is 5.89. The number of ether oxygens (including phenoxy) is 7. The average molecular weight is 611 g/mol. The summed E-state index contributed by atoms with van der Waals surface area (Å²) in [5.41, 5.74) is -1.46. The topological polar surface area (TPSA) is 261 Å². The maximum atomic E-state index is 12.4. The Kier molecular flexibility index (Phi) is 10.1.